The Balaban J connectivity index is 1.53. The van der Waals surface area contributed by atoms with Gasteiger partial charge in [-0.05, 0) is 53.6 Å². The third-order valence-corrected chi connectivity index (χ3v) is 5.12. The molecule has 3 aromatic carbocycles. The first kappa shape index (κ1) is 21.5. The van der Waals surface area contributed by atoms with E-state index in [2.05, 4.69) is 26.1 Å². The Morgan fingerprint density at radius 3 is 2.53 bits per heavy atom. The molecule has 4 rings (SSSR count). The molecule has 0 amide bonds. The molecule has 0 spiro atoms. The summed E-state index contributed by atoms with van der Waals surface area (Å²) in [4.78, 5) is 13.0. The minimum atomic E-state index is -0.498. The summed E-state index contributed by atoms with van der Waals surface area (Å²) in [5, 5.41) is 8.02. The molecular formula is C25H19BrN2O4. The fraction of sp³-hybridized carbons (Fsp3) is 0.0800. The molecule has 0 aliphatic rings. The summed E-state index contributed by atoms with van der Waals surface area (Å²) in [6.45, 7) is -0.134. The van der Waals surface area contributed by atoms with Crippen molar-refractivity contribution in [3.8, 4) is 17.2 Å². The maximum absolute atomic E-state index is 13.0. The molecule has 0 fully saturated rings. The number of ether oxygens (including phenoxy) is 2. The number of aromatic nitrogens is 2. The predicted molar refractivity (Wildman–Crippen MR) is 125 cm³/mol. The largest absolute Gasteiger partial charge is 0.497 e. The Hall–Kier alpha value is -3.71. The molecule has 1 heterocycles. The molecule has 0 saturated carbocycles. The van der Waals surface area contributed by atoms with Crippen molar-refractivity contribution in [2.45, 2.75) is 6.61 Å². The molecule has 160 valence electrons. The SMILES string of the molecule is COc1cccc(C=C(C(=O)OCc2nnc(-c3ccc(Br)cc3)o2)c2ccccc2)c1. The standard InChI is InChI=1S/C25H19BrN2O4/c1-30-21-9-5-6-17(14-21)15-22(18-7-3-2-4-8-18)25(29)31-16-23-27-28-24(32-23)19-10-12-20(26)13-11-19/h2-15H,16H2,1H3. The fourth-order valence-electron chi connectivity index (χ4n) is 3.00. The molecule has 0 bridgehead atoms. The highest BCUT2D eigenvalue weighted by atomic mass is 79.9. The zero-order valence-electron chi connectivity index (χ0n) is 17.2. The molecule has 0 radical (unpaired) electrons. The maximum atomic E-state index is 13.0. The first-order chi connectivity index (χ1) is 15.6. The van der Waals surface area contributed by atoms with Gasteiger partial charge in [0.1, 0.15) is 5.75 Å². The summed E-state index contributed by atoms with van der Waals surface area (Å²) < 4.78 is 17.4. The van der Waals surface area contributed by atoms with E-state index in [0.717, 1.165) is 21.2 Å². The number of hydrogen-bond donors (Lipinski definition) is 0. The van der Waals surface area contributed by atoms with Gasteiger partial charge in [-0.1, -0.05) is 58.4 Å². The van der Waals surface area contributed by atoms with Crippen LogP contribution in [0.25, 0.3) is 23.1 Å². The van der Waals surface area contributed by atoms with E-state index >= 15 is 0 Å². The average molecular weight is 491 g/mol. The molecule has 32 heavy (non-hydrogen) atoms. The van der Waals surface area contributed by atoms with Gasteiger partial charge in [0.2, 0.25) is 5.89 Å². The van der Waals surface area contributed by atoms with Gasteiger partial charge >= 0.3 is 5.97 Å². The van der Waals surface area contributed by atoms with Gasteiger partial charge in [0.15, 0.2) is 6.61 Å². The van der Waals surface area contributed by atoms with Crippen LogP contribution in [0.15, 0.2) is 87.8 Å². The number of benzene rings is 3. The number of methoxy groups -OCH3 is 1. The second-order valence-electron chi connectivity index (χ2n) is 6.78. The van der Waals surface area contributed by atoms with Crippen molar-refractivity contribution in [2.75, 3.05) is 7.11 Å². The molecule has 0 atom stereocenters. The summed E-state index contributed by atoms with van der Waals surface area (Å²) in [6, 6.07) is 24.3. The second kappa shape index (κ2) is 10.1. The van der Waals surface area contributed by atoms with Crippen LogP contribution in [0.4, 0.5) is 0 Å². The van der Waals surface area contributed by atoms with Crippen molar-refractivity contribution in [1.82, 2.24) is 10.2 Å². The Morgan fingerprint density at radius 2 is 1.78 bits per heavy atom. The Bertz CT molecular complexity index is 1230. The van der Waals surface area contributed by atoms with Crippen molar-refractivity contribution in [2.24, 2.45) is 0 Å². The summed E-state index contributed by atoms with van der Waals surface area (Å²) in [5.41, 5.74) is 2.74. The van der Waals surface area contributed by atoms with Crippen LogP contribution in [0.1, 0.15) is 17.0 Å². The highest BCUT2D eigenvalue weighted by Gasteiger charge is 2.16. The van der Waals surface area contributed by atoms with Crippen molar-refractivity contribution in [3.63, 3.8) is 0 Å². The highest BCUT2D eigenvalue weighted by Crippen LogP contribution is 2.24. The van der Waals surface area contributed by atoms with E-state index in [0.29, 0.717) is 17.2 Å². The van der Waals surface area contributed by atoms with E-state index in [-0.39, 0.29) is 12.5 Å². The number of carbonyl (C=O) groups excluding carboxylic acids is 1. The highest BCUT2D eigenvalue weighted by molar-refractivity contribution is 9.10. The van der Waals surface area contributed by atoms with Crippen LogP contribution < -0.4 is 4.74 Å². The molecule has 0 unspecified atom stereocenters. The number of hydrogen-bond acceptors (Lipinski definition) is 6. The maximum Gasteiger partial charge on any atom is 0.339 e. The van der Waals surface area contributed by atoms with Gasteiger partial charge in [0, 0.05) is 10.0 Å². The monoisotopic (exact) mass is 490 g/mol. The number of esters is 1. The molecule has 0 saturated heterocycles. The van der Waals surface area contributed by atoms with Gasteiger partial charge in [-0.25, -0.2) is 4.79 Å². The third-order valence-electron chi connectivity index (χ3n) is 4.59. The lowest BCUT2D eigenvalue weighted by Crippen LogP contribution is -2.07. The quantitative estimate of drug-likeness (QED) is 0.185. The Kier molecular flexibility index (Phi) is 6.77. The smallest absolute Gasteiger partial charge is 0.339 e. The molecule has 0 N–H and O–H groups in total. The molecule has 4 aromatic rings. The summed E-state index contributed by atoms with van der Waals surface area (Å²) in [5.74, 6) is 0.775. The number of rotatable bonds is 7. The molecule has 0 aliphatic carbocycles. The number of carbonyl (C=O) groups is 1. The van der Waals surface area contributed by atoms with Crippen LogP contribution in [-0.4, -0.2) is 23.3 Å². The minimum Gasteiger partial charge on any atom is -0.497 e. The normalized spacial score (nSPS) is 11.2. The Morgan fingerprint density at radius 1 is 1.00 bits per heavy atom. The minimum absolute atomic E-state index is 0.134. The van der Waals surface area contributed by atoms with E-state index in [4.69, 9.17) is 13.9 Å². The van der Waals surface area contributed by atoms with Crippen LogP contribution in [0.2, 0.25) is 0 Å². The van der Waals surface area contributed by atoms with Gasteiger partial charge in [0.05, 0.1) is 12.7 Å². The van der Waals surface area contributed by atoms with E-state index in [9.17, 15) is 4.79 Å². The van der Waals surface area contributed by atoms with Gasteiger partial charge in [-0.3, -0.25) is 0 Å². The van der Waals surface area contributed by atoms with Gasteiger partial charge in [-0.15, -0.1) is 10.2 Å². The lowest BCUT2D eigenvalue weighted by Gasteiger charge is -2.08. The summed E-state index contributed by atoms with van der Waals surface area (Å²) >= 11 is 3.39. The van der Waals surface area contributed by atoms with Crippen LogP contribution in [-0.2, 0) is 16.1 Å². The topological polar surface area (TPSA) is 74.5 Å². The van der Waals surface area contributed by atoms with Gasteiger partial charge in [-0.2, -0.15) is 0 Å². The van der Waals surface area contributed by atoms with Crippen molar-refractivity contribution in [3.05, 3.63) is 100 Å². The second-order valence-corrected chi connectivity index (χ2v) is 7.70. The molecule has 1 aromatic heterocycles. The Labute approximate surface area is 193 Å². The van der Waals surface area contributed by atoms with Crippen LogP contribution in [0.5, 0.6) is 5.75 Å². The van der Waals surface area contributed by atoms with E-state index < -0.39 is 5.97 Å². The van der Waals surface area contributed by atoms with Crippen LogP contribution in [0, 0.1) is 0 Å². The molecular weight excluding hydrogens is 472 g/mol. The van der Waals surface area contributed by atoms with Crippen LogP contribution in [0.3, 0.4) is 0 Å². The zero-order chi connectivity index (χ0) is 22.3. The van der Waals surface area contributed by atoms with Gasteiger partial charge in [0.25, 0.3) is 5.89 Å². The molecule has 6 nitrogen and oxygen atoms in total. The molecule has 7 heteroatoms. The van der Waals surface area contributed by atoms with Gasteiger partial charge < -0.3 is 13.9 Å². The van der Waals surface area contributed by atoms with E-state index in [1.54, 1.807) is 13.2 Å². The average Bonchev–Trinajstić information content (AvgIpc) is 3.31. The third kappa shape index (κ3) is 5.31. The predicted octanol–water partition coefficient (Wildman–Crippen LogP) is 5.79. The molecule has 0 aliphatic heterocycles. The van der Waals surface area contributed by atoms with Crippen LogP contribution >= 0.6 is 15.9 Å². The van der Waals surface area contributed by atoms with Crippen molar-refractivity contribution >= 4 is 33.5 Å². The fourth-order valence-corrected chi connectivity index (χ4v) is 3.27. The van der Waals surface area contributed by atoms with Crippen molar-refractivity contribution in [1.29, 1.82) is 0 Å². The van der Waals surface area contributed by atoms with E-state index in [1.807, 2.05) is 78.9 Å². The lowest BCUT2D eigenvalue weighted by molar-refractivity contribution is -0.138. The summed E-state index contributed by atoms with van der Waals surface area (Å²) in [6.07, 6.45) is 1.77. The lowest BCUT2D eigenvalue weighted by atomic mass is 10.0. The number of nitrogens with zero attached hydrogens (tertiary/aromatic N) is 2. The summed E-state index contributed by atoms with van der Waals surface area (Å²) in [7, 11) is 1.60. The van der Waals surface area contributed by atoms with Crippen molar-refractivity contribution < 1.29 is 18.7 Å². The first-order valence-corrected chi connectivity index (χ1v) is 10.6. The first-order valence-electron chi connectivity index (χ1n) is 9.79. The number of halogens is 1. The zero-order valence-corrected chi connectivity index (χ0v) is 18.8. The van der Waals surface area contributed by atoms with E-state index in [1.165, 1.54) is 0 Å².